The zero-order chi connectivity index (χ0) is 23.4. The fraction of sp³-hybridized carbons (Fsp3) is 1.00. The molecule has 2 saturated carbocycles. The van der Waals surface area contributed by atoms with Crippen molar-refractivity contribution in [1.82, 2.24) is 35.8 Å². The summed E-state index contributed by atoms with van der Waals surface area (Å²) in [5, 5.41) is 7.42. The van der Waals surface area contributed by atoms with E-state index in [9.17, 15) is 8.42 Å². The highest BCUT2D eigenvalue weighted by molar-refractivity contribution is 7.90. The van der Waals surface area contributed by atoms with E-state index in [1.54, 1.807) is 7.11 Å². The lowest BCUT2D eigenvalue weighted by atomic mass is 9.70. The Morgan fingerprint density at radius 1 is 0.971 bits per heavy atom. The molecule has 10 nitrogen and oxygen atoms in total. The van der Waals surface area contributed by atoms with Gasteiger partial charge in [0.2, 0.25) is 10.0 Å². The van der Waals surface area contributed by atoms with E-state index in [0.717, 1.165) is 44.2 Å². The molecule has 34 heavy (non-hydrogen) atoms. The largest absolute Gasteiger partial charge is 0.380 e. The summed E-state index contributed by atoms with van der Waals surface area (Å²) in [6.45, 7) is 5.39. The third-order valence-corrected chi connectivity index (χ3v) is 11.4. The number of piperidine rings is 3. The fourth-order valence-corrected chi connectivity index (χ4v) is 9.26. The van der Waals surface area contributed by atoms with Crippen molar-refractivity contribution in [3.05, 3.63) is 0 Å². The molecule has 0 aromatic carbocycles. The van der Waals surface area contributed by atoms with Crippen LogP contribution in [0.3, 0.4) is 0 Å². The van der Waals surface area contributed by atoms with Crippen LogP contribution in [0, 0.1) is 17.8 Å². The Bertz CT molecular complexity index is 830. The lowest BCUT2D eigenvalue weighted by Gasteiger charge is -2.51. The van der Waals surface area contributed by atoms with E-state index < -0.39 is 15.3 Å². The first kappa shape index (κ1) is 24.0. The molecule has 0 aromatic rings. The number of likely N-dealkylation sites (N-methyl/N-ethyl adjacent to an activating group) is 1. The molecule has 5 heterocycles. The van der Waals surface area contributed by atoms with Crippen LogP contribution < -0.4 is 20.9 Å². The molecule has 7 fully saturated rings. The maximum absolute atomic E-state index is 13.5. The normalized spacial score (nSPS) is 46.4. The second-order valence-corrected chi connectivity index (χ2v) is 13.7. The third-order valence-electron chi connectivity index (χ3n) is 9.65. The van der Waals surface area contributed by atoms with Gasteiger partial charge in [0.05, 0.1) is 18.3 Å². The Balaban J connectivity index is 1.08. The molecule has 2 bridgehead atoms. The van der Waals surface area contributed by atoms with Gasteiger partial charge in [0, 0.05) is 59.0 Å². The molecule has 0 amide bonds. The zero-order valence-corrected chi connectivity index (χ0v) is 21.5. The molecule has 0 spiro atoms. The molecule has 0 aromatic heterocycles. The Kier molecular flexibility index (Phi) is 6.70. The second-order valence-electron chi connectivity index (χ2n) is 11.7. The topological polar surface area (TPSA) is 101 Å². The maximum Gasteiger partial charge on any atom is 0.217 e. The molecule has 7 unspecified atom stereocenters. The van der Waals surface area contributed by atoms with Crippen LogP contribution >= 0.6 is 0 Å². The Labute approximate surface area is 204 Å². The van der Waals surface area contributed by atoms with Gasteiger partial charge in [-0.3, -0.25) is 15.8 Å². The third kappa shape index (κ3) is 4.45. The van der Waals surface area contributed by atoms with Gasteiger partial charge in [-0.15, -0.1) is 0 Å². The van der Waals surface area contributed by atoms with Gasteiger partial charge < -0.3 is 10.1 Å². The molecule has 194 valence electrons. The summed E-state index contributed by atoms with van der Waals surface area (Å²) in [6, 6.07) is 0.500. The summed E-state index contributed by atoms with van der Waals surface area (Å²) < 4.78 is 35.9. The van der Waals surface area contributed by atoms with Crippen LogP contribution in [0.5, 0.6) is 0 Å². The van der Waals surface area contributed by atoms with E-state index in [1.807, 2.05) is 7.05 Å². The molecule has 7 aliphatic rings. The van der Waals surface area contributed by atoms with E-state index in [0.29, 0.717) is 25.0 Å². The van der Waals surface area contributed by atoms with Gasteiger partial charge in [-0.25, -0.2) is 23.2 Å². The highest BCUT2D eigenvalue weighted by atomic mass is 32.2. The monoisotopic (exact) mass is 497 g/mol. The van der Waals surface area contributed by atoms with Crippen LogP contribution in [0.25, 0.3) is 0 Å². The van der Waals surface area contributed by atoms with Gasteiger partial charge in [-0.2, -0.15) is 0 Å². The molecular weight excluding hydrogens is 454 g/mol. The molecule has 5 aliphatic heterocycles. The standard InChI is InChI=1S/C23H43N7O3S/c1-28-23-17(10-25-28)3-4-20(33-2)22(23)27-34(31,32)19-11-26-30(14-19)21-9-18(5-6-24-21)29-12-15-7-16(8-15)13-29/h15-27H,3-14H2,1-2H3. The summed E-state index contributed by atoms with van der Waals surface area (Å²) in [7, 11) is 0.214. The van der Waals surface area contributed by atoms with Crippen molar-refractivity contribution in [2.45, 2.75) is 74.2 Å². The minimum absolute atomic E-state index is 0.0969. The van der Waals surface area contributed by atoms with Crippen molar-refractivity contribution in [2.24, 2.45) is 17.8 Å². The lowest BCUT2D eigenvalue weighted by Crippen LogP contribution is -2.61. The highest BCUT2D eigenvalue weighted by Gasteiger charge is 2.48. The Hall–Kier alpha value is -0.370. The van der Waals surface area contributed by atoms with Gasteiger partial charge in [-0.05, 0) is 62.8 Å². The van der Waals surface area contributed by atoms with Crippen LogP contribution in [-0.4, -0.2) is 112 Å². The van der Waals surface area contributed by atoms with Crippen molar-refractivity contribution in [3.8, 4) is 0 Å². The number of hydrogen-bond donors (Lipinski definition) is 4. The summed E-state index contributed by atoms with van der Waals surface area (Å²) in [4.78, 5) is 2.72. The average Bonchev–Trinajstić information content (AvgIpc) is 3.47. The molecule has 7 rings (SSSR count). The van der Waals surface area contributed by atoms with Crippen LogP contribution in [0.1, 0.15) is 38.5 Å². The minimum atomic E-state index is -3.50. The number of fused-ring (bicyclic) bond motifs is 3. The summed E-state index contributed by atoms with van der Waals surface area (Å²) in [6.07, 6.45) is 7.16. The predicted octanol–water partition coefficient (Wildman–Crippen LogP) is -0.873. The Morgan fingerprint density at radius 2 is 1.76 bits per heavy atom. The SMILES string of the molecule is COC1CCC2CNN(C)C2C1NS(=O)(=O)C1CNN(C2CC(N3CC4CC(C4)C3)CCN2)C1. The lowest BCUT2D eigenvalue weighted by molar-refractivity contribution is -0.0234. The van der Waals surface area contributed by atoms with Crippen LogP contribution in [-0.2, 0) is 14.8 Å². The summed E-state index contributed by atoms with van der Waals surface area (Å²) >= 11 is 0. The maximum atomic E-state index is 13.5. The molecule has 2 aliphatic carbocycles. The van der Waals surface area contributed by atoms with Gasteiger partial charge >= 0.3 is 0 Å². The molecule has 7 atom stereocenters. The number of ether oxygens (including phenoxy) is 1. The minimum Gasteiger partial charge on any atom is -0.380 e. The Morgan fingerprint density at radius 3 is 2.53 bits per heavy atom. The quantitative estimate of drug-likeness (QED) is 0.373. The molecule has 4 N–H and O–H groups in total. The number of sulfonamides is 1. The number of nitrogens with zero attached hydrogens (tertiary/aromatic N) is 3. The van der Waals surface area contributed by atoms with Crippen molar-refractivity contribution >= 4 is 10.0 Å². The van der Waals surface area contributed by atoms with Crippen molar-refractivity contribution in [3.63, 3.8) is 0 Å². The first-order valence-corrected chi connectivity index (χ1v) is 14.9. The van der Waals surface area contributed by atoms with Gasteiger partial charge in [0.15, 0.2) is 0 Å². The van der Waals surface area contributed by atoms with Crippen LogP contribution in [0.2, 0.25) is 0 Å². The number of nitrogens with one attached hydrogen (secondary N) is 4. The molecular formula is C23H43N7O3S. The van der Waals surface area contributed by atoms with Gasteiger partial charge in [-0.1, -0.05) is 0 Å². The van der Waals surface area contributed by atoms with E-state index in [2.05, 4.69) is 35.8 Å². The number of rotatable bonds is 6. The smallest absolute Gasteiger partial charge is 0.217 e. The van der Waals surface area contributed by atoms with Gasteiger partial charge in [0.1, 0.15) is 5.25 Å². The highest BCUT2D eigenvalue weighted by Crippen LogP contribution is 2.41. The second kappa shape index (κ2) is 9.50. The fourth-order valence-electron chi connectivity index (χ4n) is 7.75. The zero-order valence-electron chi connectivity index (χ0n) is 20.7. The predicted molar refractivity (Wildman–Crippen MR) is 130 cm³/mol. The molecule has 11 heteroatoms. The molecule has 0 radical (unpaired) electrons. The van der Waals surface area contributed by atoms with E-state index >= 15 is 0 Å². The van der Waals surface area contributed by atoms with E-state index in [-0.39, 0.29) is 24.4 Å². The summed E-state index contributed by atoms with van der Waals surface area (Å²) in [5.41, 5.74) is 6.81. The van der Waals surface area contributed by atoms with Gasteiger partial charge in [0.25, 0.3) is 0 Å². The van der Waals surface area contributed by atoms with Crippen LogP contribution in [0.15, 0.2) is 0 Å². The first-order valence-electron chi connectivity index (χ1n) is 13.4. The average molecular weight is 498 g/mol. The van der Waals surface area contributed by atoms with Crippen molar-refractivity contribution in [1.29, 1.82) is 0 Å². The molecule has 5 saturated heterocycles. The van der Waals surface area contributed by atoms with Crippen LogP contribution in [0.4, 0.5) is 0 Å². The van der Waals surface area contributed by atoms with Crippen molar-refractivity contribution in [2.75, 3.05) is 53.4 Å². The number of hydrogen-bond acceptors (Lipinski definition) is 9. The van der Waals surface area contributed by atoms with E-state index in [4.69, 9.17) is 4.74 Å². The summed E-state index contributed by atoms with van der Waals surface area (Å²) in [5.74, 6) is 2.29. The van der Waals surface area contributed by atoms with Crippen molar-refractivity contribution < 1.29 is 13.2 Å². The first-order chi connectivity index (χ1) is 16.4. The number of hydrazine groups is 2. The number of methoxy groups -OCH3 is 1. The van der Waals surface area contributed by atoms with E-state index in [1.165, 1.54) is 32.4 Å².